The van der Waals surface area contributed by atoms with Gasteiger partial charge in [0.25, 0.3) is 0 Å². The lowest BCUT2D eigenvalue weighted by atomic mass is 10.1. The van der Waals surface area contributed by atoms with Crippen molar-refractivity contribution in [3.8, 4) is 0 Å². The number of carboxylic acid groups (broad SMARTS) is 1. The molecule has 1 rings (SSSR count). The second kappa shape index (κ2) is 8.79. The van der Waals surface area contributed by atoms with Gasteiger partial charge in [-0.3, -0.25) is 4.79 Å². The van der Waals surface area contributed by atoms with Gasteiger partial charge in [0.05, 0.1) is 0 Å². The van der Waals surface area contributed by atoms with Crippen molar-refractivity contribution in [2.45, 2.75) is 45.6 Å². The van der Waals surface area contributed by atoms with Gasteiger partial charge >= 0.3 is 12.0 Å². The molecule has 0 spiro atoms. The molecule has 0 saturated carbocycles. The van der Waals surface area contributed by atoms with Crippen molar-refractivity contribution in [2.75, 3.05) is 32.7 Å². The van der Waals surface area contributed by atoms with Crippen molar-refractivity contribution in [3.05, 3.63) is 0 Å². The average Bonchev–Trinajstić information content (AvgIpc) is 2.40. The molecule has 1 fully saturated rings. The van der Waals surface area contributed by atoms with Gasteiger partial charge in [-0.25, -0.2) is 4.79 Å². The number of rotatable bonds is 7. The summed E-state index contributed by atoms with van der Waals surface area (Å²) in [7, 11) is 0. The van der Waals surface area contributed by atoms with E-state index in [1.165, 1.54) is 4.90 Å². The molecule has 20 heavy (non-hydrogen) atoms. The van der Waals surface area contributed by atoms with E-state index in [1.807, 2.05) is 6.92 Å². The van der Waals surface area contributed by atoms with Crippen LogP contribution in [0.25, 0.3) is 0 Å². The molecular weight excluding hydrogens is 258 g/mol. The van der Waals surface area contributed by atoms with E-state index in [0.29, 0.717) is 6.54 Å². The number of amides is 2. The Hall–Kier alpha value is -1.30. The predicted molar refractivity (Wildman–Crippen MR) is 77.8 cm³/mol. The van der Waals surface area contributed by atoms with Gasteiger partial charge in [0.2, 0.25) is 0 Å². The zero-order valence-electron chi connectivity index (χ0n) is 12.6. The van der Waals surface area contributed by atoms with Crippen LogP contribution in [-0.2, 0) is 4.79 Å². The average molecular weight is 285 g/mol. The summed E-state index contributed by atoms with van der Waals surface area (Å²) in [6, 6.07) is -0.0769. The SMILES string of the molecule is CCCN1CCC(NC(=O)N(CCC)CC(=O)O)CC1. The first kappa shape index (κ1) is 16.8. The highest BCUT2D eigenvalue weighted by Crippen LogP contribution is 2.11. The molecule has 0 bridgehead atoms. The van der Waals surface area contributed by atoms with Crippen LogP contribution in [0.1, 0.15) is 39.5 Å². The summed E-state index contributed by atoms with van der Waals surface area (Å²) in [5.41, 5.74) is 0. The number of hydrogen-bond acceptors (Lipinski definition) is 3. The van der Waals surface area contributed by atoms with Crippen LogP contribution in [-0.4, -0.2) is 65.7 Å². The fourth-order valence-corrected chi connectivity index (χ4v) is 2.57. The third kappa shape index (κ3) is 5.77. The molecule has 6 heteroatoms. The molecule has 1 heterocycles. The van der Waals surface area contributed by atoms with E-state index in [0.717, 1.165) is 45.3 Å². The van der Waals surface area contributed by atoms with Crippen molar-refractivity contribution in [3.63, 3.8) is 0 Å². The Kier molecular flexibility index (Phi) is 7.36. The normalized spacial score (nSPS) is 16.9. The Labute approximate surface area is 121 Å². The van der Waals surface area contributed by atoms with E-state index in [4.69, 9.17) is 5.11 Å². The summed E-state index contributed by atoms with van der Waals surface area (Å²) in [6.45, 7) is 7.48. The van der Waals surface area contributed by atoms with Gasteiger partial charge in [-0.15, -0.1) is 0 Å². The number of aliphatic carboxylic acids is 1. The summed E-state index contributed by atoms with van der Waals surface area (Å²) < 4.78 is 0. The molecule has 6 nitrogen and oxygen atoms in total. The molecule has 0 aromatic rings. The van der Waals surface area contributed by atoms with Crippen molar-refractivity contribution in [1.82, 2.24) is 15.1 Å². The molecule has 0 aromatic carbocycles. The maximum absolute atomic E-state index is 12.1. The zero-order chi connectivity index (χ0) is 15.0. The van der Waals surface area contributed by atoms with Crippen LogP contribution < -0.4 is 5.32 Å². The van der Waals surface area contributed by atoms with Crippen LogP contribution in [0.4, 0.5) is 4.79 Å². The fraction of sp³-hybridized carbons (Fsp3) is 0.857. The number of piperidine rings is 1. The molecule has 0 unspecified atom stereocenters. The number of nitrogens with one attached hydrogen (secondary N) is 1. The second-order valence-corrected chi connectivity index (χ2v) is 5.38. The molecule has 0 aromatic heterocycles. The molecule has 1 saturated heterocycles. The zero-order valence-corrected chi connectivity index (χ0v) is 12.6. The molecule has 116 valence electrons. The van der Waals surface area contributed by atoms with Gasteiger partial charge in [0, 0.05) is 25.7 Å². The first-order valence-electron chi connectivity index (χ1n) is 7.56. The van der Waals surface area contributed by atoms with Crippen molar-refractivity contribution >= 4 is 12.0 Å². The lowest BCUT2D eigenvalue weighted by Crippen LogP contribution is -2.50. The highest BCUT2D eigenvalue weighted by atomic mass is 16.4. The molecule has 0 atom stereocenters. The van der Waals surface area contributed by atoms with Crippen LogP contribution in [0, 0.1) is 0 Å². The Morgan fingerprint density at radius 1 is 1.25 bits per heavy atom. The minimum absolute atomic E-state index is 0.170. The molecule has 2 N–H and O–H groups in total. The van der Waals surface area contributed by atoms with Gasteiger partial charge in [-0.05, 0) is 32.2 Å². The minimum Gasteiger partial charge on any atom is -0.480 e. The third-order valence-electron chi connectivity index (χ3n) is 3.56. The number of carbonyl (C=O) groups excluding carboxylic acids is 1. The largest absolute Gasteiger partial charge is 0.480 e. The van der Waals surface area contributed by atoms with Crippen LogP contribution in [0.15, 0.2) is 0 Å². The van der Waals surface area contributed by atoms with Crippen LogP contribution >= 0.6 is 0 Å². The third-order valence-corrected chi connectivity index (χ3v) is 3.56. The first-order chi connectivity index (χ1) is 9.56. The standard InChI is InChI=1S/C14H27N3O3/c1-3-7-16-9-5-12(6-10-16)15-14(20)17(8-4-2)11-13(18)19/h12H,3-11H2,1-2H3,(H,15,20)(H,18,19). The lowest BCUT2D eigenvalue weighted by molar-refractivity contribution is -0.137. The molecular formula is C14H27N3O3. The van der Waals surface area contributed by atoms with E-state index < -0.39 is 5.97 Å². The smallest absolute Gasteiger partial charge is 0.323 e. The van der Waals surface area contributed by atoms with Crippen LogP contribution in [0.5, 0.6) is 0 Å². The fourth-order valence-electron chi connectivity index (χ4n) is 2.57. The second-order valence-electron chi connectivity index (χ2n) is 5.38. The van der Waals surface area contributed by atoms with Gasteiger partial charge in [-0.1, -0.05) is 13.8 Å². The first-order valence-corrected chi connectivity index (χ1v) is 7.56. The Balaban J connectivity index is 2.38. The van der Waals surface area contributed by atoms with E-state index in [-0.39, 0.29) is 18.6 Å². The topological polar surface area (TPSA) is 72.9 Å². The quantitative estimate of drug-likeness (QED) is 0.741. The maximum Gasteiger partial charge on any atom is 0.323 e. The van der Waals surface area contributed by atoms with E-state index in [2.05, 4.69) is 17.1 Å². The summed E-state index contributed by atoms with van der Waals surface area (Å²) in [5, 5.41) is 11.8. The molecule has 2 amide bonds. The summed E-state index contributed by atoms with van der Waals surface area (Å²) in [5.74, 6) is -0.966. The summed E-state index contributed by atoms with van der Waals surface area (Å²) >= 11 is 0. The summed E-state index contributed by atoms with van der Waals surface area (Å²) in [4.78, 5) is 26.6. The van der Waals surface area contributed by atoms with Gasteiger partial charge in [0.15, 0.2) is 0 Å². The van der Waals surface area contributed by atoms with Gasteiger partial charge in [0.1, 0.15) is 6.54 Å². The minimum atomic E-state index is -0.966. The molecule has 0 radical (unpaired) electrons. The van der Waals surface area contributed by atoms with Crippen LogP contribution in [0.3, 0.4) is 0 Å². The van der Waals surface area contributed by atoms with Gasteiger partial charge < -0.3 is 20.2 Å². The molecule has 0 aliphatic carbocycles. The Morgan fingerprint density at radius 3 is 2.40 bits per heavy atom. The van der Waals surface area contributed by atoms with E-state index in [9.17, 15) is 9.59 Å². The Morgan fingerprint density at radius 2 is 1.90 bits per heavy atom. The van der Waals surface area contributed by atoms with E-state index in [1.54, 1.807) is 0 Å². The molecule has 1 aliphatic heterocycles. The highest BCUT2D eigenvalue weighted by molar-refractivity contribution is 5.80. The monoisotopic (exact) mass is 285 g/mol. The predicted octanol–water partition coefficient (Wildman–Crippen LogP) is 1.37. The van der Waals surface area contributed by atoms with Crippen molar-refractivity contribution in [2.24, 2.45) is 0 Å². The number of carbonyl (C=O) groups is 2. The number of likely N-dealkylation sites (tertiary alicyclic amines) is 1. The Bertz CT molecular complexity index is 315. The van der Waals surface area contributed by atoms with Gasteiger partial charge in [-0.2, -0.15) is 0 Å². The van der Waals surface area contributed by atoms with Crippen LogP contribution in [0.2, 0.25) is 0 Å². The van der Waals surface area contributed by atoms with Crippen molar-refractivity contribution in [1.29, 1.82) is 0 Å². The lowest BCUT2D eigenvalue weighted by Gasteiger charge is -2.33. The number of carboxylic acids is 1. The number of urea groups is 1. The highest BCUT2D eigenvalue weighted by Gasteiger charge is 2.23. The van der Waals surface area contributed by atoms with Crippen molar-refractivity contribution < 1.29 is 14.7 Å². The maximum atomic E-state index is 12.1. The summed E-state index contributed by atoms with van der Waals surface area (Å²) in [6.07, 6.45) is 3.80. The number of nitrogens with zero attached hydrogens (tertiary/aromatic N) is 2. The number of hydrogen-bond donors (Lipinski definition) is 2. The molecule has 1 aliphatic rings. The van der Waals surface area contributed by atoms with E-state index >= 15 is 0 Å².